The van der Waals surface area contributed by atoms with Gasteiger partial charge in [-0.25, -0.2) is 4.79 Å². The van der Waals surface area contributed by atoms with Crippen LogP contribution in [0.4, 0.5) is 5.69 Å². The summed E-state index contributed by atoms with van der Waals surface area (Å²) in [7, 11) is 0. The Morgan fingerprint density at radius 3 is 2.29 bits per heavy atom. The van der Waals surface area contributed by atoms with E-state index in [4.69, 9.17) is 16.3 Å². The molecule has 0 saturated carbocycles. The first-order valence-corrected chi connectivity index (χ1v) is 8.94. The number of carboxylic acid groups (broad SMARTS) is 1. The molecule has 1 atom stereocenters. The second-order valence-corrected chi connectivity index (χ2v) is 6.62. The summed E-state index contributed by atoms with van der Waals surface area (Å²) in [6.07, 6.45) is -1.13. The summed E-state index contributed by atoms with van der Waals surface area (Å²) in [5.41, 5.74) is 2.49. The molecule has 0 aliphatic heterocycles. The van der Waals surface area contributed by atoms with E-state index in [9.17, 15) is 14.7 Å². The highest BCUT2D eigenvalue weighted by molar-refractivity contribution is 6.30. The first kappa shape index (κ1) is 19.5. The van der Waals surface area contributed by atoms with E-state index < -0.39 is 12.1 Å². The second-order valence-electron chi connectivity index (χ2n) is 6.18. The maximum atomic E-state index is 12.4. The normalized spacial score (nSPS) is 11.5. The maximum Gasteiger partial charge on any atom is 0.349 e. The number of halogens is 1. The summed E-state index contributed by atoms with van der Waals surface area (Å²) in [4.78, 5) is 24.0. The number of carboxylic acids is 1. The molecular weight excluding hydrogens is 378 g/mol. The fraction of sp³-hybridized carbons (Fsp3) is 0.0909. The highest BCUT2D eigenvalue weighted by atomic mass is 35.5. The van der Waals surface area contributed by atoms with Crippen LogP contribution in [0.1, 0.15) is 27.6 Å². The maximum absolute atomic E-state index is 12.4. The molecule has 3 rings (SSSR count). The quantitative estimate of drug-likeness (QED) is 0.608. The van der Waals surface area contributed by atoms with Crippen LogP contribution < -0.4 is 10.1 Å². The summed E-state index contributed by atoms with van der Waals surface area (Å²) >= 11 is 5.93. The zero-order valence-corrected chi connectivity index (χ0v) is 15.8. The molecule has 3 aromatic carbocycles. The number of rotatable bonds is 6. The van der Waals surface area contributed by atoms with Crippen molar-refractivity contribution in [1.82, 2.24) is 0 Å². The summed E-state index contributed by atoms with van der Waals surface area (Å²) in [6.45, 7) is 1.86. The first-order valence-electron chi connectivity index (χ1n) is 8.56. The molecule has 2 N–H and O–H groups in total. The lowest BCUT2D eigenvalue weighted by Crippen LogP contribution is -2.18. The molecule has 28 heavy (non-hydrogen) atoms. The van der Waals surface area contributed by atoms with Gasteiger partial charge in [-0.1, -0.05) is 41.9 Å². The van der Waals surface area contributed by atoms with Crippen molar-refractivity contribution in [2.75, 3.05) is 5.32 Å². The Kier molecular flexibility index (Phi) is 5.96. The Labute approximate surface area is 167 Å². The number of anilines is 1. The topological polar surface area (TPSA) is 75.6 Å². The van der Waals surface area contributed by atoms with Crippen molar-refractivity contribution in [3.8, 4) is 5.75 Å². The van der Waals surface area contributed by atoms with Crippen molar-refractivity contribution in [2.45, 2.75) is 13.0 Å². The number of benzene rings is 3. The van der Waals surface area contributed by atoms with Gasteiger partial charge in [-0.2, -0.15) is 0 Å². The molecule has 1 unspecified atom stereocenters. The molecule has 0 aliphatic rings. The highest BCUT2D eigenvalue weighted by Crippen LogP contribution is 2.24. The molecule has 142 valence electrons. The summed E-state index contributed by atoms with van der Waals surface area (Å²) in [5, 5.41) is 12.9. The number of amides is 1. The van der Waals surface area contributed by atoms with Gasteiger partial charge in [0.25, 0.3) is 5.91 Å². The SMILES string of the molecule is Cc1cc(Cl)ccc1NC(=O)c1ccc(OC(C(=O)O)c2ccccc2)cc1. The molecule has 0 aromatic heterocycles. The van der Waals surface area contributed by atoms with Gasteiger partial charge >= 0.3 is 5.97 Å². The van der Waals surface area contributed by atoms with Gasteiger partial charge in [0.05, 0.1) is 0 Å². The third kappa shape index (κ3) is 4.69. The van der Waals surface area contributed by atoms with E-state index in [2.05, 4.69) is 5.32 Å². The Balaban J connectivity index is 1.72. The molecule has 0 aliphatic carbocycles. The highest BCUT2D eigenvalue weighted by Gasteiger charge is 2.21. The van der Waals surface area contributed by atoms with Gasteiger partial charge in [-0.15, -0.1) is 0 Å². The monoisotopic (exact) mass is 395 g/mol. The van der Waals surface area contributed by atoms with E-state index in [0.29, 0.717) is 27.6 Å². The lowest BCUT2D eigenvalue weighted by molar-refractivity contribution is -0.145. The number of nitrogens with one attached hydrogen (secondary N) is 1. The average molecular weight is 396 g/mol. The van der Waals surface area contributed by atoms with Crippen molar-refractivity contribution in [3.05, 3.63) is 94.5 Å². The molecule has 0 fully saturated rings. The Morgan fingerprint density at radius 1 is 1.00 bits per heavy atom. The third-order valence-electron chi connectivity index (χ3n) is 4.13. The Bertz CT molecular complexity index is 987. The number of aryl methyl sites for hydroxylation is 1. The fourth-order valence-electron chi connectivity index (χ4n) is 2.67. The Morgan fingerprint density at radius 2 is 1.68 bits per heavy atom. The van der Waals surface area contributed by atoms with Crippen LogP contribution in [0.15, 0.2) is 72.8 Å². The van der Waals surface area contributed by atoms with Gasteiger partial charge in [0.2, 0.25) is 6.10 Å². The van der Waals surface area contributed by atoms with Crippen LogP contribution in [0.5, 0.6) is 5.75 Å². The lowest BCUT2D eigenvalue weighted by Gasteiger charge is -2.15. The summed E-state index contributed by atoms with van der Waals surface area (Å²) < 4.78 is 5.60. The predicted octanol–water partition coefficient (Wildman–Crippen LogP) is 5.11. The molecule has 1 amide bonds. The van der Waals surface area contributed by atoms with E-state index in [0.717, 1.165) is 5.56 Å². The van der Waals surface area contributed by atoms with Crippen molar-refractivity contribution >= 4 is 29.2 Å². The molecule has 5 nitrogen and oxygen atoms in total. The molecule has 0 spiro atoms. The van der Waals surface area contributed by atoms with Crippen LogP contribution in [0.25, 0.3) is 0 Å². The number of carbonyl (C=O) groups excluding carboxylic acids is 1. The number of hydrogen-bond acceptors (Lipinski definition) is 3. The smallest absolute Gasteiger partial charge is 0.349 e. The number of carbonyl (C=O) groups is 2. The van der Waals surface area contributed by atoms with Crippen molar-refractivity contribution in [2.24, 2.45) is 0 Å². The van der Waals surface area contributed by atoms with E-state index in [1.807, 2.05) is 6.92 Å². The number of ether oxygens (including phenoxy) is 1. The van der Waals surface area contributed by atoms with Crippen LogP contribution in [0.2, 0.25) is 5.02 Å². The van der Waals surface area contributed by atoms with Crippen LogP contribution in [0.3, 0.4) is 0 Å². The molecule has 0 saturated heterocycles. The molecular formula is C22H18ClNO4. The van der Waals surface area contributed by atoms with Gasteiger partial charge in [0.15, 0.2) is 0 Å². The minimum absolute atomic E-state index is 0.283. The van der Waals surface area contributed by atoms with E-state index in [-0.39, 0.29) is 5.91 Å². The van der Waals surface area contributed by atoms with Gasteiger partial charge in [-0.05, 0) is 55.0 Å². The predicted molar refractivity (Wildman–Crippen MR) is 108 cm³/mol. The van der Waals surface area contributed by atoms with E-state index in [1.54, 1.807) is 72.8 Å². The van der Waals surface area contributed by atoms with Crippen molar-refractivity contribution in [1.29, 1.82) is 0 Å². The minimum atomic E-state index is -1.13. The molecule has 0 heterocycles. The first-order chi connectivity index (χ1) is 13.4. The Hall–Kier alpha value is -3.31. The van der Waals surface area contributed by atoms with Crippen LogP contribution in [-0.2, 0) is 4.79 Å². The molecule has 3 aromatic rings. The van der Waals surface area contributed by atoms with Gasteiger partial charge < -0.3 is 15.2 Å². The zero-order chi connectivity index (χ0) is 20.1. The third-order valence-corrected chi connectivity index (χ3v) is 4.37. The number of aliphatic carboxylic acids is 1. The van der Waals surface area contributed by atoms with Crippen molar-refractivity contribution in [3.63, 3.8) is 0 Å². The van der Waals surface area contributed by atoms with Crippen molar-refractivity contribution < 1.29 is 19.4 Å². The molecule has 0 radical (unpaired) electrons. The van der Waals surface area contributed by atoms with Gasteiger partial charge in [0.1, 0.15) is 5.75 Å². The molecule has 6 heteroatoms. The molecule has 0 bridgehead atoms. The second kappa shape index (κ2) is 8.59. The minimum Gasteiger partial charge on any atom is -0.478 e. The lowest BCUT2D eigenvalue weighted by atomic mass is 10.1. The number of hydrogen-bond donors (Lipinski definition) is 2. The average Bonchev–Trinajstić information content (AvgIpc) is 2.69. The largest absolute Gasteiger partial charge is 0.478 e. The fourth-order valence-corrected chi connectivity index (χ4v) is 2.90. The zero-order valence-electron chi connectivity index (χ0n) is 15.1. The van der Waals surface area contributed by atoms with Gasteiger partial charge in [0, 0.05) is 21.8 Å². The van der Waals surface area contributed by atoms with E-state index >= 15 is 0 Å². The van der Waals surface area contributed by atoms with Crippen LogP contribution >= 0.6 is 11.6 Å². The standard InChI is InChI=1S/C22H18ClNO4/c1-14-13-17(23)9-12-19(14)24-21(25)16-7-10-18(11-8-16)28-20(22(26)27)15-5-3-2-4-6-15/h2-13,20H,1H3,(H,24,25)(H,26,27). The van der Waals surface area contributed by atoms with E-state index in [1.165, 1.54) is 0 Å². The summed E-state index contributed by atoms with van der Waals surface area (Å²) in [5.74, 6) is -1.02. The van der Waals surface area contributed by atoms with Crippen LogP contribution in [0, 0.1) is 6.92 Å². The van der Waals surface area contributed by atoms with Crippen LogP contribution in [-0.4, -0.2) is 17.0 Å². The van der Waals surface area contributed by atoms with Gasteiger partial charge in [-0.3, -0.25) is 4.79 Å². The summed E-state index contributed by atoms with van der Waals surface area (Å²) in [6, 6.07) is 20.2.